The molecule has 0 radical (unpaired) electrons. The highest BCUT2D eigenvalue weighted by molar-refractivity contribution is 5.84. The fraction of sp³-hybridized carbons (Fsp3) is 0.933. The number of carbonyl (C=O) groups is 1. The molecule has 1 saturated carbocycles. The Morgan fingerprint density at radius 3 is 2.84 bits per heavy atom. The van der Waals surface area contributed by atoms with Crippen LogP contribution in [0, 0.1) is 5.92 Å². The summed E-state index contributed by atoms with van der Waals surface area (Å²) in [7, 11) is 0. The molecule has 4 heteroatoms. The Bertz CT molecular complexity index is 292. The van der Waals surface area contributed by atoms with E-state index in [4.69, 9.17) is 4.74 Å². The monoisotopic (exact) mass is 268 g/mol. The quantitative estimate of drug-likeness (QED) is 0.651. The molecule has 1 aliphatic heterocycles. The Balaban J connectivity index is 1.62. The van der Waals surface area contributed by atoms with Crippen LogP contribution in [0.25, 0.3) is 0 Å². The lowest BCUT2D eigenvalue weighted by Gasteiger charge is -2.20. The fourth-order valence-electron chi connectivity index (χ4n) is 2.63. The van der Waals surface area contributed by atoms with Crippen LogP contribution in [0.15, 0.2) is 0 Å². The van der Waals surface area contributed by atoms with E-state index in [0.717, 1.165) is 51.4 Å². The fourth-order valence-corrected chi connectivity index (χ4v) is 2.63. The van der Waals surface area contributed by atoms with E-state index in [0.29, 0.717) is 0 Å². The first kappa shape index (κ1) is 14.8. The lowest BCUT2D eigenvalue weighted by atomic mass is 10.1. The van der Waals surface area contributed by atoms with E-state index in [2.05, 4.69) is 19.2 Å². The van der Waals surface area contributed by atoms with E-state index in [9.17, 15) is 4.79 Å². The number of rotatable bonds is 9. The van der Waals surface area contributed by atoms with Gasteiger partial charge in [0, 0.05) is 19.8 Å². The van der Waals surface area contributed by atoms with Crippen molar-refractivity contribution in [1.29, 1.82) is 0 Å². The molecule has 1 N–H and O–H groups in total. The van der Waals surface area contributed by atoms with Crippen LogP contribution in [-0.4, -0.2) is 42.8 Å². The second kappa shape index (κ2) is 7.25. The Morgan fingerprint density at radius 1 is 1.37 bits per heavy atom. The van der Waals surface area contributed by atoms with Gasteiger partial charge in [-0.2, -0.15) is 0 Å². The molecule has 2 rings (SSSR count). The van der Waals surface area contributed by atoms with Gasteiger partial charge in [0.1, 0.15) is 0 Å². The van der Waals surface area contributed by atoms with Gasteiger partial charge in [-0.1, -0.05) is 19.8 Å². The lowest BCUT2D eigenvalue weighted by molar-refractivity contribution is -0.130. The molecule has 4 nitrogen and oxygen atoms in total. The van der Waals surface area contributed by atoms with Crippen molar-refractivity contribution in [3.63, 3.8) is 0 Å². The smallest absolute Gasteiger partial charge is 0.241 e. The number of unbranched alkanes of at least 4 members (excludes halogenated alkanes) is 1. The zero-order valence-electron chi connectivity index (χ0n) is 12.4. The third kappa shape index (κ3) is 4.46. The third-order valence-corrected chi connectivity index (χ3v) is 4.08. The highest BCUT2D eigenvalue weighted by Crippen LogP contribution is 2.28. The van der Waals surface area contributed by atoms with E-state index in [1.165, 1.54) is 12.8 Å². The van der Waals surface area contributed by atoms with Gasteiger partial charge >= 0.3 is 0 Å². The molecule has 0 bridgehead atoms. The first-order valence-corrected chi connectivity index (χ1v) is 7.86. The predicted octanol–water partition coefficient (Wildman–Crippen LogP) is 2.14. The highest BCUT2D eigenvalue weighted by Gasteiger charge is 2.35. The molecule has 1 saturated heterocycles. The number of ether oxygens (including phenoxy) is 1. The van der Waals surface area contributed by atoms with Crippen LogP contribution >= 0.6 is 0 Å². The molecule has 0 aromatic rings. The molecule has 1 heterocycles. The standard InChI is InChI=1S/C15H28N2O2/c1-3-4-6-14-15(18)17(12(2)16-14)9-5-10-19-11-13-7-8-13/h12-14,16H,3-11H2,1-2H3. The molecule has 2 fully saturated rings. The molecule has 0 aromatic heterocycles. The highest BCUT2D eigenvalue weighted by atomic mass is 16.5. The van der Waals surface area contributed by atoms with Crippen molar-refractivity contribution in [3.05, 3.63) is 0 Å². The minimum Gasteiger partial charge on any atom is -0.381 e. The molecule has 2 atom stereocenters. The van der Waals surface area contributed by atoms with Crippen molar-refractivity contribution in [3.8, 4) is 0 Å². The third-order valence-electron chi connectivity index (χ3n) is 4.08. The average molecular weight is 268 g/mol. The maximum atomic E-state index is 12.2. The van der Waals surface area contributed by atoms with Gasteiger partial charge < -0.3 is 9.64 Å². The van der Waals surface area contributed by atoms with E-state index < -0.39 is 0 Å². The van der Waals surface area contributed by atoms with Crippen LogP contribution in [0.1, 0.15) is 52.4 Å². The van der Waals surface area contributed by atoms with Crippen molar-refractivity contribution in [2.75, 3.05) is 19.8 Å². The normalized spacial score (nSPS) is 27.3. The average Bonchev–Trinajstić information content (AvgIpc) is 3.17. The Labute approximate surface area is 116 Å². The lowest BCUT2D eigenvalue weighted by Crippen LogP contribution is -2.35. The Hall–Kier alpha value is -0.610. The van der Waals surface area contributed by atoms with Gasteiger partial charge in [0.05, 0.1) is 12.2 Å². The van der Waals surface area contributed by atoms with Gasteiger partial charge in [-0.25, -0.2) is 0 Å². The van der Waals surface area contributed by atoms with Gasteiger partial charge in [-0.05, 0) is 38.5 Å². The molecule has 0 spiro atoms. The molecule has 1 aliphatic carbocycles. The van der Waals surface area contributed by atoms with Gasteiger partial charge in [0.2, 0.25) is 5.91 Å². The van der Waals surface area contributed by atoms with Crippen molar-refractivity contribution in [2.24, 2.45) is 5.92 Å². The number of hydrogen-bond acceptors (Lipinski definition) is 3. The van der Waals surface area contributed by atoms with Gasteiger partial charge in [0.25, 0.3) is 0 Å². The van der Waals surface area contributed by atoms with Crippen molar-refractivity contribution in [2.45, 2.75) is 64.6 Å². The predicted molar refractivity (Wildman–Crippen MR) is 75.8 cm³/mol. The van der Waals surface area contributed by atoms with Crippen LogP contribution in [0.3, 0.4) is 0 Å². The second-order valence-corrected chi connectivity index (χ2v) is 5.94. The summed E-state index contributed by atoms with van der Waals surface area (Å²) in [5.41, 5.74) is 0. The summed E-state index contributed by atoms with van der Waals surface area (Å²) in [5.74, 6) is 1.11. The second-order valence-electron chi connectivity index (χ2n) is 5.94. The maximum absolute atomic E-state index is 12.2. The topological polar surface area (TPSA) is 41.6 Å². The van der Waals surface area contributed by atoms with E-state index in [1.807, 2.05) is 4.90 Å². The number of amides is 1. The number of carbonyl (C=O) groups excluding carboxylic acids is 1. The minimum absolute atomic E-state index is 0.0438. The minimum atomic E-state index is 0.0438. The number of hydrogen-bond donors (Lipinski definition) is 1. The summed E-state index contributed by atoms with van der Waals surface area (Å²) in [6.45, 7) is 6.76. The van der Waals surface area contributed by atoms with Crippen molar-refractivity contribution in [1.82, 2.24) is 10.2 Å². The summed E-state index contributed by atoms with van der Waals surface area (Å²) in [4.78, 5) is 14.2. The SMILES string of the molecule is CCCCC1NC(C)N(CCCOCC2CC2)C1=O. The van der Waals surface area contributed by atoms with Crippen molar-refractivity contribution >= 4 is 5.91 Å². The van der Waals surface area contributed by atoms with Crippen LogP contribution in [0.5, 0.6) is 0 Å². The summed E-state index contributed by atoms with van der Waals surface area (Å²) >= 11 is 0. The molecule has 110 valence electrons. The van der Waals surface area contributed by atoms with E-state index >= 15 is 0 Å². The molecular formula is C15H28N2O2. The summed E-state index contributed by atoms with van der Waals surface area (Å²) in [6, 6.07) is 0.0438. The Kier molecular flexibility index (Phi) is 5.64. The molecule has 0 aromatic carbocycles. The zero-order chi connectivity index (χ0) is 13.7. The molecule has 1 amide bonds. The summed E-state index contributed by atoms with van der Waals surface area (Å²) in [5, 5.41) is 3.39. The maximum Gasteiger partial charge on any atom is 0.241 e. The zero-order valence-corrected chi connectivity index (χ0v) is 12.4. The number of nitrogens with zero attached hydrogens (tertiary/aromatic N) is 1. The van der Waals surface area contributed by atoms with Gasteiger partial charge in [0.15, 0.2) is 0 Å². The first-order chi connectivity index (χ1) is 9.22. The van der Waals surface area contributed by atoms with Gasteiger partial charge in [-0.15, -0.1) is 0 Å². The van der Waals surface area contributed by atoms with E-state index in [1.54, 1.807) is 0 Å². The molecule has 2 aliphatic rings. The molecule has 19 heavy (non-hydrogen) atoms. The van der Waals surface area contributed by atoms with Crippen LogP contribution in [-0.2, 0) is 9.53 Å². The van der Waals surface area contributed by atoms with Crippen molar-refractivity contribution < 1.29 is 9.53 Å². The van der Waals surface area contributed by atoms with Crippen LogP contribution in [0.2, 0.25) is 0 Å². The van der Waals surface area contributed by atoms with Crippen LogP contribution in [0.4, 0.5) is 0 Å². The largest absolute Gasteiger partial charge is 0.381 e. The summed E-state index contributed by atoms with van der Waals surface area (Å²) in [6.07, 6.45) is 7.04. The molecule has 2 unspecified atom stereocenters. The number of nitrogens with one attached hydrogen (secondary N) is 1. The Morgan fingerprint density at radius 2 is 2.16 bits per heavy atom. The summed E-state index contributed by atoms with van der Waals surface area (Å²) < 4.78 is 5.62. The molecular weight excluding hydrogens is 240 g/mol. The van der Waals surface area contributed by atoms with E-state index in [-0.39, 0.29) is 18.1 Å². The first-order valence-electron chi connectivity index (χ1n) is 7.86. The van der Waals surface area contributed by atoms with Crippen LogP contribution < -0.4 is 5.32 Å². The van der Waals surface area contributed by atoms with Gasteiger partial charge in [-0.3, -0.25) is 10.1 Å².